The molecule has 1 aliphatic heterocycles. The molecule has 1 saturated heterocycles. The number of carbonyl (C=O) groups excluding carboxylic acids is 1. The minimum Gasteiger partial charge on any atom is -0.393 e. The van der Waals surface area contributed by atoms with Gasteiger partial charge in [-0.2, -0.15) is 0 Å². The fourth-order valence-electron chi connectivity index (χ4n) is 2.78. The lowest BCUT2D eigenvalue weighted by Gasteiger charge is -2.34. The molecule has 1 heterocycles. The average molecular weight is 252 g/mol. The molecule has 2 aliphatic rings. The Labute approximate surface area is 109 Å². The Kier molecular flexibility index (Phi) is 4.64. The largest absolute Gasteiger partial charge is 0.393 e. The first-order chi connectivity index (χ1) is 8.66. The number of hydrogen-bond acceptors (Lipinski definition) is 2. The molecule has 2 N–H and O–H groups in total. The van der Waals surface area contributed by atoms with Gasteiger partial charge < -0.3 is 15.3 Å². The van der Waals surface area contributed by atoms with Crippen LogP contribution in [0.25, 0.3) is 0 Å². The van der Waals surface area contributed by atoms with Gasteiger partial charge in [-0.3, -0.25) is 0 Å². The van der Waals surface area contributed by atoms with Crippen LogP contribution >= 0.6 is 0 Å². The van der Waals surface area contributed by atoms with Crippen molar-refractivity contribution >= 4 is 6.03 Å². The fraction of sp³-hybridized carbons (Fsp3) is 0.786. The highest BCUT2D eigenvalue weighted by atomic mass is 16.3. The highest BCUT2D eigenvalue weighted by Gasteiger charge is 2.26. The zero-order chi connectivity index (χ0) is 13.0. The van der Waals surface area contributed by atoms with Crippen LogP contribution in [0.3, 0.4) is 0 Å². The Hall–Kier alpha value is -1.03. The van der Waals surface area contributed by atoms with Gasteiger partial charge in [0, 0.05) is 19.1 Å². The number of urea groups is 1. The standard InChI is InChI=1S/C14H24N2O2/c1-11(17)12-7-9-16(10-8-12)14(18)15-13-5-3-2-4-6-13/h2-3,11-13,17H,4-10H2,1H3,(H,15,18). The maximum Gasteiger partial charge on any atom is 0.317 e. The van der Waals surface area contributed by atoms with Crippen LogP contribution in [-0.4, -0.2) is 41.3 Å². The zero-order valence-electron chi connectivity index (χ0n) is 11.1. The van der Waals surface area contributed by atoms with Gasteiger partial charge in [0.05, 0.1) is 6.10 Å². The summed E-state index contributed by atoms with van der Waals surface area (Å²) in [6.07, 6.45) is 8.96. The Morgan fingerprint density at radius 1 is 1.33 bits per heavy atom. The van der Waals surface area contributed by atoms with E-state index in [9.17, 15) is 9.90 Å². The third-order valence-corrected chi connectivity index (χ3v) is 4.11. The van der Waals surface area contributed by atoms with Gasteiger partial charge in [-0.05, 0) is 44.9 Å². The Balaban J connectivity index is 1.75. The molecular formula is C14H24N2O2. The van der Waals surface area contributed by atoms with E-state index in [1.54, 1.807) is 0 Å². The summed E-state index contributed by atoms with van der Waals surface area (Å²) < 4.78 is 0. The molecule has 0 aromatic rings. The van der Waals surface area contributed by atoms with E-state index in [1.807, 2.05) is 11.8 Å². The van der Waals surface area contributed by atoms with Crippen LogP contribution in [0.1, 0.15) is 39.0 Å². The molecule has 18 heavy (non-hydrogen) atoms. The summed E-state index contributed by atoms with van der Waals surface area (Å²) >= 11 is 0. The molecule has 2 atom stereocenters. The van der Waals surface area contributed by atoms with Crippen molar-refractivity contribution in [2.75, 3.05) is 13.1 Å². The van der Waals surface area contributed by atoms with Crippen LogP contribution in [0.5, 0.6) is 0 Å². The van der Waals surface area contributed by atoms with Crippen molar-refractivity contribution in [3.8, 4) is 0 Å². The van der Waals surface area contributed by atoms with Crippen LogP contribution < -0.4 is 5.32 Å². The fourth-order valence-corrected chi connectivity index (χ4v) is 2.78. The molecule has 1 aliphatic carbocycles. The summed E-state index contributed by atoms with van der Waals surface area (Å²) in [6.45, 7) is 3.38. The second-order valence-corrected chi connectivity index (χ2v) is 5.50. The van der Waals surface area contributed by atoms with Crippen molar-refractivity contribution < 1.29 is 9.90 Å². The van der Waals surface area contributed by atoms with Crippen LogP contribution in [0.4, 0.5) is 4.79 Å². The third-order valence-electron chi connectivity index (χ3n) is 4.11. The monoisotopic (exact) mass is 252 g/mol. The maximum atomic E-state index is 12.1. The number of nitrogens with zero attached hydrogens (tertiary/aromatic N) is 1. The van der Waals surface area contributed by atoms with Crippen LogP contribution in [-0.2, 0) is 0 Å². The molecular weight excluding hydrogens is 228 g/mol. The van der Waals surface area contributed by atoms with Crippen molar-refractivity contribution in [1.29, 1.82) is 0 Å². The second-order valence-electron chi connectivity index (χ2n) is 5.50. The smallest absolute Gasteiger partial charge is 0.317 e. The maximum absolute atomic E-state index is 12.1. The number of hydrogen-bond donors (Lipinski definition) is 2. The molecule has 0 radical (unpaired) electrons. The van der Waals surface area contributed by atoms with Gasteiger partial charge in [-0.1, -0.05) is 12.2 Å². The van der Waals surface area contributed by atoms with E-state index < -0.39 is 0 Å². The van der Waals surface area contributed by atoms with Crippen molar-refractivity contribution in [2.24, 2.45) is 5.92 Å². The van der Waals surface area contributed by atoms with E-state index in [0.717, 1.165) is 45.2 Å². The summed E-state index contributed by atoms with van der Waals surface area (Å²) in [5, 5.41) is 12.6. The number of aliphatic hydroxyl groups excluding tert-OH is 1. The van der Waals surface area contributed by atoms with Crippen LogP contribution in [0.2, 0.25) is 0 Å². The number of piperidine rings is 1. The molecule has 2 unspecified atom stereocenters. The molecule has 0 bridgehead atoms. The van der Waals surface area contributed by atoms with E-state index >= 15 is 0 Å². The van der Waals surface area contributed by atoms with Crippen LogP contribution in [0.15, 0.2) is 12.2 Å². The quantitative estimate of drug-likeness (QED) is 0.737. The van der Waals surface area contributed by atoms with Crippen molar-refractivity contribution in [3.05, 3.63) is 12.2 Å². The first kappa shape index (κ1) is 13.4. The van der Waals surface area contributed by atoms with Crippen LogP contribution in [0, 0.1) is 5.92 Å². The molecule has 0 aromatic heterocycles. The number of carbonyl (C=O) groups is 1. The highest BCUT2D eigenvalue weighted by Crippen LogP contribution is 2.20. The van der Waals surface area contributed by atoms with Gasteiger partial charge in [0.15, 0.2) is 0 Å². The molecule has 4 nitrogen and oxygen atoms in total. The van der Waals surface area contributed by atoms with E-state index in [4.69, 9.17) is 0 Å². The van der Waals surface area contributed by atoms with Gasteiger partial charge in [-0.25, -0.2) is 4.79 Å². The lowest BCUT2D eigenvalue weighted by atomic mass is 9.92. The minimum absolute atomic E-state index is 0.0688. The molecule has 4 heteroatoms. The zero-order valence-corrected chi connectivity index (χ0v) is 11.1. The number of likely N-dealkylation sites (tertiary alicyclic amines) is 1. The number of aliphatic hydroxyl groups is 1. The van der Waals surface area contributed by atoms with Gasteiger partial charge in [0.25, 0.3) is 0 Å². The predicted molar refractivity (Wildman–Crippen MR) is 71.3 cm³/mol. The summed E-state index contributed by atoms with van der Waals surface area (Å²) in [6, 6.07) is 0.372. The van der Waals surface area contributed by atoms with E-state index in [0.29, 0.717) is 12.0 Å². The van der Waals surface area contributed by atoms with E-state index in [2.05, 4.69) is 17.5 Å². The van der Waals surface area contributed by atoms with Gasteiger partial charge in [0.1, 0.15) is 0 Å². The van der Waals surface area contributed by atoms with Gasteiger partial charge >= 0.3 is 6.03 Å². The number of nitrogens with one attached hydrogen (secondary N) is 1. The van der Waals surface area contributed by atoms with Crippen molar-refractivity contribution in [1.82, 2.24) is 10.2 Å². The Morgan fingerprint density at radius 3 is 2.61 bits per heavy atom. The van der Waals surface area contributed by atoms with E-state index in [-0.39, 0.29) is 12.1 Å². The molecule has 1 fully saturated rings. The minimum atomic E-state index is -0.251. The first-order valence-corrected chi connectivity index (χ1v) is 7.05. The lowest BCUT2D eigenvalue weighted by molar-refractivity contribution is 0.0792. The average Bonchev–Trinajstić information content (AvgIpc) is 2.40. The van der Waals surface area contributed by atoms with Crippen molar-refractivity contribution in [3.63, 3.8) is 0 Å². The third kappa shape index (κ3) is 3.48. The predicted octanol–water partition coefficient (Wildman–Crippen LogP) is 1.90. The normalized spacial score (nSPS) is 27.0. The summed E-state index contributed by atoms with van der Waals surface area (Å²) in [4.78, 5) is 14.0. The molecule has 0 saturated carbocycles. The highest BCUT2D eigenvalue weighted by molar-refractivity contribution is 5.74. The second kappa shape index (κ2) is 6.23. The van der Waals surface area contributed by atoms with Gasteiger partial charge in [-0.15, -0.1) is 0 Å². The first-order valence-electron chi connectivity index (χ1n) is 7.05. The lowest BCUT2D eigenvalue weighted by Crippen LogP contribution is -2.48. The summed E-state index contributed by atoms with van der Waals surface area (Å²) in [5.41, 5.74) is 0. The molecule has 102 valence electrons. The topological polar surface area (TPSA) is 52.6 Å². The van der Waals surface area contributed by atoms with Gasteiger partial charge in [0.2, 0.25) is 0 Å². The number of rotatable bonds is 2. The summed E-state index contributed by atoms with van der Waals surface area (Å²) in [7, 11) is 0. The summed E-state index contributed by atoms with van der Waals surface area (Å²) in [5.74, 6) is 0.353. The molecule has 2 amide bonds. The number of amides is 2. The molecule has 0 spiro atoms. The Morgan fingerprint density at radius 2 is 2.06 bits per heavy atom. The van der Waals surface area contributed by atoms with Crippen molar-refractivity contribution in [2.45, 2.75) is 51.2 Å². The van der Waals surface area contributed by atoms with E-state index in [1.165, 1.54) is 0 Å². The molecule has 0 aromatic carbocycles. The SMILES string of the molecule is CC(O)C1CCN(C(=O)NC2CC=CCC2)CC1. The molecule has 2 rings (SSSR count). The Bertz CT molecular complexity index is 307. The number of allylic oxidation sites excluding steroid dienone is 1.